The second-order valence-corrected chi connectivity index (χ2v) is 7.98. The van der Waals surface area contributed by atoms with Gasteiger partial charge >= 0.3 is 0 Å². The Morgan fingerprint density at radius 2 is 2.08 bits per heavy atom. The highest BCUT2D eigenvalue weighted by atomic mass is 79.9. The summed E-state index contributed by atoms with van der Waals surface area (Å²) in [6.07, 6.45) is 3.60. The van der Waals surface area contributed by atoms with Crippen molar-refractivity contribution in [2.24, 2.45) is 4.99 Å². The van der Waals surface area contributed by atoms with Crippen LogP contribution in [0.5, 0.6) is 5.88 Å². The van der Waals surface area contributed by atoms with E-state index in [0.29, 0.717) is 14.5 Å². The first-order valence-corrected chi connectivity index (χ1v) is 9.31. The molecule has 1 aliphatic heterocycles. The summed E-state index contributed by atoms with van der Waals surface area (Å²) in [5, 5.41) is 10.6. The first kappa shape index (κ1) is 16.4. The van der Waals surface area contributed by atoms with E-state index in [2.05, 4.69) is 20.9 Å². The van der Waals surface area contributed by atoms with Gasteiger partial charge in [-0.25, -0.2) is 4.39 Å². The zero-order valence-corrected chi connectivity index (χ0v) is 15.8. The van der Waals surface area contributed by atoms with Crippen LogP contribution in [0.3, 0.4) is 0 Å². The lowest BCUT2D eigenvalue weighted by Gasteiger charge is -2.05. The number of hydrogen-bond acceptors (Lipinski definition) is 4. The number of allylic oxidation sites excluding steroid dienone is 1. The van der Waals surface area contributed by atoms with Crippen LogP contribution in [0.1, 0.15) is 10.4 Å². The van der Waals surface area contributed by atoms with Gasteiger partial charge in [0.05, 0.1) is 16.3 Å². The Kier molecular flexibility index (Phi) is 4.15. The fourth-order valence-corrected chi connectivity index (χ4v) is 4.30. The Balaban J connectivity index is 1.82. The Hall–Kier alpha value is -2.09. The van der Waals surface area contributed by atoms with Gasteiger partial charge in [-0.2, -0.15) is 0 Å². The standard InChI is InChI=1S/C18H10BrFN2OS2/c19-11-4-5-15-14(7-11)10(9-21-15)6-16-17(23)22(18(24)25-16)13-3-1-2-12(20)8-13/h1-9,23H. The molecule has 2 heterocycles. The van der Waals surface area contributed by atoms with E-state index in [1.165, 1.54) is 28.0 Å². The average Bonchev–Trinajstić information content (AvgIpc) is 3.09. The van der Waals surface area contributed by atoms with Crippen molar-refractivity contribution in [3.05, 3.63) is 67.1 Å². The molecule has 0 unspecified atom stereocenters. The largest absolute Gasteiger partial charge is 0.493 e. The van der Waals surface area contributed by atoms with Gasteiger partial charge in [-0.1, -0.05) is 22.0 Å². The third-order valence-corrected chi connectivity index (χ3v) is 5.58. The Morgan fingerprint density at radius 1 is 1.24 bits per heavy atom. The van der Waals surface area contributed by atoms with Crippen molar-refractivity contribution in [1.29, 1.82) is 0 Å². The minimum Gasteiger partial charge on any atom is -0.493 e. The molecule has 1 aromatic heterocycles. The third-order valence-electron chi connectivity index (χ3n) is 3.78. The molecule has 0 fully saturated rings. The number of fused-ring (bicyclic) bond motifs is 1. The summed E-state index contributed by atoms with van der Waals surface area (Å²) >= 11 is 10.1. The van der Waals surface area contributed by atoms with Gasteiger partial charge in [0.2, 0.25) is 5.88 Å². The van der Waals surface area contributed by atoms with Gasteiger partial charge in [0.25, 0.3) is 0 Å². The van der Waals surface area contributed by atoms with Crippen LogP contribution >= 0.6 is 39.5 Å². The van der Waals surface area contributed by atoms with Crippen LogP contribution in [-0.2, 0) is 0 Å². The lowest BCUT2D eigenvalue weighted by Crippen LogP contribution is -1.93. The number of aliphatic imine (C=N–C) groups is 1. The van der Waals surface area contributed by atoms with E-state index in [1.54, 1.807) is 18.3 Å². The van der Waals surface area contributed by atoms with E-state index in [-0.39, 0.29) is 11.7 Å². The van der Waals surface area contributed by atoms with Gasteiger partial charge in [0.1, 0.15) is 5.82 Å². The van der Waals surface area contributed by atoms with Crippen LogP contribution in [-0.4, -0.2) is 15.9 Å². The zero-order valence-electron chi connectivity index (χ0n) is 12.6. The Morgan fingerprint density at radius 3 is 2.88 bits per heavy atom. The Labute approximate surface area is 160 Å². The van der Waals surface area contributed by atoms with E-state index in [1.807, 2.05) is 24.3 Å². The van der Waals surface area contributed by atoms with E-state index in [9.17, 15) is 9.50 Å². The average molecular weight is 433 g/mol. The van der Waals surface area contributed by atoms with Crippen LogP contribution in [0.15, 0.2) is 51.9 Å². The summed E-state index contributed by atoms with van der Waals surface area (Å²) in [5.74, 6) is -0.392. The number of rotatable bonds is 2. The topological polar surface area (TPSA) is 37.5 Å². The minimum atomic E-state index is -0.383. The number of halogens is 2. The second kappa shape index (κ2) is 6.33. The molecular formula is C18H10BrFN2OS2. The SMILES string of the molecule is Oc1c(C=C2C=Nc3ccc(Br)cc32)sc(=S)n1-c1cccc(F)c1. The van der Waals surface area contributed by atoms with E-state index < -0.39 is 0 Å². The monoisotopic (exact) mass is 432 g/mol. The molecular weight excluding hydrogens is 423 g/mol. The molecule has 1 N–H and O–H groups in total. The summed E-state index contributed by atoms with van der Waals surface area (Å²) in [5.41, 5.74) is 3.23. The molecule has 0 amide bonds. The number of thiazole rings is 1. The molecule has 3 nitrogen and oxygen atoms in total. The highest BCUT2D eigenvalue weighted by molar-refractivity contribution is 9.10. The van der Waals surface area contributed by atoms with Crippen LogP contribution in [0.2, 0.25) is 0 Å². The summed E-state index contributed by atoms with van der Waals surface area (Å²) in [7, 11) is 0. The van der Waals surface area contributed by atoms with Crippen LogP contribution in [0.4, 0.5) is 10.1 Å². The zero-order chi connectivity index (χ0) is 17.6. The first-order valence-electron chi connectivity index (χ1n) is 7.29. The smallest absolute Gasteiger partial charge is 0.215 e. The number of aromatic hydroxyl groups is 1. The van der Waals surface area contributed by atoms with Crippen molar-refractivity contribution >= 4 is 63.0 Å². The summed E-state index contributed by atoms with van der Waals surface area (Å²) in [6.45, 7) is 0. The van der Waals surface area contributed by atoms with Crippen molar-refractivity contribution in [2.45, 2.75) is 0 Å². The maximum atomic E-state index is 13.5. The van der Waals surface area contributed by atoms with Crippen LogP contribution < -0.4 is 0 Å². The van der Waals surface area contributed by atoms with E-state index in [0.717, 1.165) is 21.3 Å². The molecule has 0 saturated heterocycles. The highest BCUT2D eigenvalue weighted by Gasteiger charge is 2.17. The predicted octanol–water partition coefficient (Wildman–Crippen LogP) is 6.13. The number of benzene rings is 2. The quantitative estimate of drug-likeness (QED) is 0.494. The van der Waals surface area contributed by atoms with Crippen molar-refractivity contribution in [1.82, 2.24) is 4.57 Å². The molecule has 2 aromatic carbocycles. The number of aromatic nitrogens is 1. The van der Waals surface area contributed by atoms with Gasteiger partial charge in [-0.3, -0.25) is 9.56 Å². The van der Waals surface area contributed by atoms with Crippen molar-refractivity contribution in [3.63, 3.8) is 0 Å². The molecule has 0 radical (unpaired) electrons. The molecule has 0 bridgehead atoms. The molecule has 0 spiro atoms. The fourth-order valence-electron chi connectivity index (χ4n) is 2.64. The number of nitrogens with zero attached hydrogens (tertiary/aromatic N) is 2. The van der Waals surface area contributed by atoms with E-state index >= 15 is 0 Å². The molecule has 0 saturated carbocycles. The maximum absolute atomic E-state index is 13.5. The summed E-state index contributed by atoms with van der Waals surface area (Å²) in [4.78, 5) is 4.97. The molecule has 0 atom stereocenters. The van der Waals surface area contributed by atoms with Gasteiger partial charge < -0.3 is 5.11 Å². The van der Waals surface area contributed by atoms with Gasteiger partial charge in [-0.15, -0.1) is 11.3 Å². The minimum absolute atomic E-state index is 0.00931. The summed E-state index contributed by atoms with van der Waals surface area (Å²) in [6, 6.07) is 11.8. The van der Waals surface area contributed by atoms with Gasteiger partial charge in [0, 0.05) is 21.8 Å². The fraction of sp³-hybridized carbons (Fsp3) is 0. The number of hydrogen-bond donors (Lipinski definition) is 1. The Bertz CT molecular complexity index is 1110. The molecule has 3 aromatic rings. The molecule has 7 heteroatoms. The van der Waals surface area contributed by atoms with Crippen molar-refractivity contribution < 1.29 is 9.50 Å². The van der Waals surface area contributed by atoms with E-state index in [4.69, 9.17) is 12.2 Å². The summed E-state index contributed by atoms with van der Waals surface area (Å²) < 4.78 is 16.4. The van der Waals surface area contributed by atoms with Crippen LogP contribution in [0.25, 0.3) is 17.3 Å². The highest BCUT2D eigenvalue weighted by Crippen LogP contribution is 2.38. The van der Waals surface area contributed by atoms with Gasteiger partial charge in [-0.05, 0) is 54.7 Å². The molecule has 124 valence electrons. The first-order chi connectivity index (χ1) is 12.0. The third kappa shape index (κ3) is 2.99. The normalized spacial score (nSPS) is 14.2. The molecule has 0 aliphatic carbocycles. The molecule has 25 heavy (non-hydrogen) atoms. The second-order valence-electron chi connectivity index (χ2n) is 5.39. The van der Waals surface area contributed by atoms with Gasteiger partial charge in [0.15, 0.2) is 3.95 Å². The molecule has 4 rings (SSSR count). The lowest BCUT2D eigenvalue weighted by atomic mass is 10.1. The predicted molar refractivity (Wildman–Crippen MR) is 106 cm³/mol. The lowest BCUT2D eigenvalue weighted by molar-refractivity contribution is 0.441. The maximum Gasteiger partial charge on any atom is 0.215 e. The van der Waals surface area contributed by atoms with Crippen molar-refractivity contribution in [3.8, 4) is 11.6 Å². The van der Waals surface area contributed by atoms with Crippen molar-refractivity contribution in [2.75, 3.05) is 0 Å². The molecule has 1 aliphatic rings. The van der Waals surface area contributed by atoms with Crippen LogP contribution in [0, 0.1) is 9.77 Å².